The van der Waals surface area contributed by atoms with Crippen LogP contribution in [-0.2, 0) is 16.6 Å². The predicted octanol–water partition coefficient (Wildman–Crippen LogP) is 3.99. The number of thiazole rings is 1. The smallest absolute Gasteiger partial charge is 0.136 e. The Morgan fingerprint density at radius 2 is 2.17 bits per heavy atom. The number of aromatic nitrogens is 1. The molecule has 2 nitrogen and oxygen atoms in total. The molecule has 2 atom stereocenters. The van der Waals surface area contributed by atoms with Crippen LogP contribution in [0.4, 0.5) is 0 Å². The van der Waals surface area contributed by atoms with Crippen LogP contribution in [-0.4, -0.2) is 10.8 Å². The lowest BCUT2D eigenvalue weighted by Crippen LogP contribution is -2.25. The van der Waals surface area contributed by atoms with E-state index in [0.29, 0.717) is 11.7 Å². The average Bonchev–Trinajstić information content (AvgIpc) is 2.71. The van der Waals surface area contributed by atoms with Crippen LogP contribution in [0.15, 0.2) is 5.38 Å². The molecule has 100 valence electrons. The van der Waals surface area contributed by atoms with E-state index in [0.717, 1.165) is 36.4 Å². The van der Waals surface area contributed by atoms with Crippen molar-refractivity contribution in [2.75, 3.05) is 0 Å². The fourth-order valence-corrected chi connectivity index (χ4v) is 3.59. The van der Waals surface area contributed by atoms with Gasteiger partial charge in [0.25, 0.3) is 0 Å². The third kappa shape index (κ3) is 3.19. The van der Waals surface area contributed by atoms with Crippen LogP contribution in [0.25, 0.3) is 0 Å². The SMILES string of the molecule is CC1CCC(=O)C(Cc2nc(C(C)(C)C)cs2)C1. The van der Waals surface area contributed by atoms with Crippen LogP contribution >= 0.6 is 11.3 Å². The van der Waals surface area contributed by atoms with Crippen molar-refractivity contribution in [1.29, 1.82) is 0 Å². The van der Waals surface area contributed by atoms with Gasteiger partial charge in [0.2, 0.25) is 0 Å². The number of hydrogen-bond donors (Lipinski definition) is 0. The molecule has 0 aromatic carbocycles. The van der Waals surface area contributed by atoms with E-state index < -0.39 is 0 Å². The van der Waals surface area contributed by atoms with Crippen molar-refractivity contribution in [2.45, 2.75) is 58.8 Å². The van der Waals surface area contributed by atoms with Crippen molar-refractivity contribution in [3.8, 4) is 0 Å². The Morgan fingerprint density at radius 1 is 1.44 bits per heavy atom. The Bertz CT molecular complexity index is 430. The summed E-state index contributed by atoms with van der Waals surface area (Å²) in [6, 6.07) is 0. The second-order valence-corrected chi connectivity index (χ2v) is 7.57. The van der Waals surface area contributed by atoms with Crippen molar-refractivity contribution >= 4 is 17.1 Å². The molecule has 0 saturated heterocycles. The summed E-state index contributed by atoms with van der Waals surface area (Å²) in [5, 5.41) is 3.28. The van der Waals surface area contributed by atoms with E-state index in [1.165, 1.54) is 0 Å². The topological polar surface area (TPSA) is 30.0 Å². The maximum atomic E-state index is 11.9. The van der Waals surface area contributed by atoms with Gasteiger partial charge in [0.1, 0.15) is 5.78 Å². The van der Waals surface area contributed by atoms with Gasteiger partial charge in [-0.1, -0.05) is 27.7 Å². The zero-order chi connectivity index (χ0) is 13.3. The normalized spacial score (nSPS) is 25.4. The molecule has 0 N–H and O–H groups in total. The highest BCUT2D eigenvalue weighted by Gasteiger charge is 2.28. The van der Waals surface area contributed by atoms with E-state index in [4.69, 9.17) is 4.98 Å². The average molecular weight is 265 g/mol. The summed E-state index contributed by atoms with van der Waals surface area (Å²) in [5.74, 6) is 1.35. The first-order valence-electron chi connectivity index (χ1n) is 6.84. The lowest BCUT2D eigenvalue weighted by Gasteiger charge is -2.24. The standard InChI is InChI=1S/C15H23NOS/c1-10-5-6-12(17)11(7-10)8-14-16-13(9-18-14)15(2,3)4/h9-11H,5-8H2,1-4H3. The summed E-state index contributed by atoms with van der Waals surface area (Å²) in [4.78, 5) is 16.6. The van der Waals surface area contributed by atoms with Crippen molar-refractivity contribution in [2.24, 2.45) is 11.8 Å². The molecule has 1 aliphatic carbocycles. The van der Waals surface area contributed by atoms with Crippen LogP contribution in [0.1, 0.15) is 57.7 Å². The monoisotopic (exact) mass is 265 g/mol. The van der Waals surface area contributed by atoms with E-state index >= 15 is 0 Å². The first-order valence-corrected chi connectivity index (χ1v) is 7.72. The number of rotatable bonds is 2. The zero-order valence-electron chi connectivity index (χ0n) is 11.8. The number of Topliss-reactive ketones (excluding diaryl/α,β-unsaturated/α-hetero) is 1. The van der Waals surface area contributed by atoms with E-state index in [9.17, 15) is 4.79 Å². The van der Waals surface area contributed by atoms with Crippen molar-refractivity contribution in [1.82, 2.24) is 4.98 Å². The third-order valence-electron chi connectivity index (χ3n) is 3.77. The van der Waals surface area contributed by atoms with Crippen LogP contribution in [0.5, 0.6) is 0 Å². The molecule has 1 aromatic rings. The van der Waals surface area contributed by atoms with Gasteiger partial charge in [-0.15, -0.1) is 11.3 Å². The summed E-state index contributed by atoms with van der Waals surface area (Å²) in [6.07, 6.45) is 3.73. The van der Waals surface area contributed by atoms with Gasteiger partial charge in [-0.25, -0.2) is 4.98 Å². The number of nitrogens with zero attached hydrogens (tertiary/aromatic N) is 1. The molecule has 0 bridgehead atoms. The minimum absolute atomic E-state index is 0.110. The first-order chi connectivity index (χ1) is 8.36. The molecule has 1 fully saturated rings. The fraction of sp³-hybridized carbons (Fsp3) is 0.733. The van der Waals surface area contributed by atoms with Gasteiger partial charge in [0.05, 0.1) is 10.7 Å². The van der Waals surface area contributed by atoms with Gasteiger partial charge in [0.15, 0.2) is 0 Å². The summed E-state index contributed by atoms with van der Waals surface area (Å²) in [7, 11) is 0. The lowest BCUT2D eigenvalue weighted by atomic mass is 9.80. The third-order valence-corrected chi connectivity index (χ3v) is 4.64. The number of hydrogen-bond acceptors (Lipinski definition) is 3. The molecule has 1 aliphatic rings. The molecular weight excluding hydrogens is 242 g/mol. The summed E-state index contributed by atoms with van der Waals surface area (Å²) in [6.45, 7) is 8.79. The minimum atomic E-state index is 0.110. The maximum Gasteiger partial charge on any atom is 0.136 e. The summed E-state index contributed by atoms with van der Waals surface area (Å²) < 4.78 is 0. The Kier molecular flexibility index (Phi) is 3.90. The second-order valence-electron chi connectivity index (χ2n) is 6.62. The van der Waals surface area contributed by atoms with Crippen molar-refractivity contribution < 1.29 is 4.79 Å². The molecule has 0 radical (unpaired) electrons. The van der Waals surface area contributed by atoms with Crippen LogP contribution < -0.4 is 0 Å². The fourth-order valence-electron chi connectivity index (χ4n) is 2.48. The highest BCUT2D eigenvalue weighted by molar-refractivity contribution is 7.09. The van der Waals surface area contributed by atoms with Crippen LogP contribution in [0.3, 0.4) is 0 Å². The number of carbonyl (C=O) groups is 1. The van der Waals surface area contributed by atoms with E-state index in [1.54, 1.807) is 11.3 Å². The van der Waals surface area contributed by atoms with E-state index in [-0.39, 0.29) is 11.3 Å². The van der Waals surface area contributed by atoms with E-state index in [1.807, 2.05) is 0 Å². The van der Waals surface area contributed by atoms with Gasteiger partial charge in [-0.2, -0.15) is 0 Å². The second kappa shape index (κ2) is 5.12. The predicted molar refractivity (Wildman–Crippen MR) is 76.0 cm³/mol. The Labute approximate surface area is 114 Å². The molecule has 0 aliphatic heterocycles. The molecular formula is C15H23NOS. The maximum absolute atomic E-state index is 11.9. The summed E-state index contributed by atoms with van der Waals surface area (Å²) in [5.41, 5.74) is 1.26. The number of ketones is 1. The summed E-state index contributed by atoms with van der Waals surface area (Å²) >= 11 is 1.71. The van der Waals surface area contributed by atoms with Crippen molar-refractivity contribution in [3.05, 3.63) is 16.1 Å². The molecule has 1 aromatic heterocycles. The largest absolute Gasteiger partial charge is 0.299 e. The van der Waals surface area contributed by atoms with Crippen LogP contribution in [0, 0.1) is 11.8 Å². The molecule has 3 heteroatoms. The Balaban J connectivity index is 2.05. The van der Waals surface area contributed by atoms with Crippen LogP contribution in [0.2, 0.25) is 0 Å². The van der Waals surface area contributed by atoms with Gasteiger partial charge in [-0.3, -0.25) is 4.79 Å². The minimum Gasteiger partial charge on any atom is -0.299 e. The van der Waals surface area contributed by atoms with E-state index in [2.05, 4.69) is 33.1 Å². The number of carbonyl (C=O) groups excluding carboxylic acids is 1. The molecule has 1 heterocycles. The zero-order valence-corrected chi connectivity index (χ0v) is 12.6. The van der Waals surface area contributed by atoms with Gasteiger partial charge >= 0.3 is 0 Å². The molecule has 2 unspecified atom stereocenters. The molecule has 0 amide bonds. The Hall–Kier alpha value is -0.700. The highest BCUT2D eigenvalue weighted by atomic mass is 32.1. The lowest BCUT2D eigenvalue weighted by molar-refractivity contribution is -0.125. The van der Waals surface area contributed by atoms with Crippen molar-refractivity contribution in [3.63, 3.8) is 0 Å². The molecule has 2 rings (SSSR count). The molecule has 1 saturated carbocycles. The van der Waals surface area contributed by atoms with Gasteiger partial charge in [-0.05, 0) is 18.8 Å². The quantitative estimate of drug-likeness (QED) is 0.809. The Morgan fingerprint density at radius 3 is 2.78 bits per heavy atom. The molecule has 0 spiro atoms. The first kappa shape index (κ1) is 13.7. The van der Waals surface area contributed by atoms with Gasteiger partial charge < -0.3 is 0 Å². The van der Waals surface area contributed by atoms with Gasteiger partial charge in [0, 0.05) is 29.6 Å². The highest BCUT2D eigenvalue weighted by Crippen LogP contribution is 2.31. The molecule has 18 heavy (non-hydrogen) atoms.